The van der Waals surface area contributed by atoms with Gasteiger partial charge in [0.1, 0.15) is 54.1 Å². The van der Waals surface area contributed by atoms with E-state index in [0.717, 1.165) is 21.6 Å². The summed E-state index contributed by atoms with van der Waals surface area (Å²) in [4.78, 5) is 166. The zero-order chi connectivity index (χ0) is 65.6. The summed E-state index contributed by atoms with van der Waals surface area (Å²) in [5.74, 6) is -10.3. The summed E-state index contributed by atoms with van der Waals surface area (Å²) in [5, 5.41) is 32.8. The molecule has 0 spiro atoms. The number of aliphatic imine (C=N–C) groups is 3. The summed E-state index contributed by atoms with van der Waals surface area (Å²) in [6, 6.07) is 2.46. The van der Waals surface area contributed by atoms with Gasteiger partial charge in [-0.25, -0.2) is 0 Å². The van der Waals surface area contributed by atoms with Crippen molar-refractivity contribution in [1.29, 1.82) is 0 Å². The fraction of sp³-hybridized carbons (Fsp3) is 0.519. The van der Waals surface area contributed by atoms with Gasteiger partial charge >= 0.3 is 0 Å². The van der Waals surface area contributed by atoms with Crippen molar-refractivity contribution in [3.63, 3.8) is 0 Å². The zero-order valence-electron chi connectivity index (χ0n) is 49.3. The summed E-state index contributed by atoms with van der Waals surface area (Å²) in [5.41, 5.74) is 46.3. The van der Waals surface area contributed by atoms with Crippen LogP contribution < -0.4 is 93.7 Å². The standard InChI is InChI=1S/C54H83N21O12S2/c1-29-44(80)72-36(13-7-21-65-54(61)62)51(87)75-22-8-14-40(75)50(86)73-38(43(56)79)27-88-89-28-39(49(85)71-35(12-6-20-64-53(59)60)47(83)70-34(46(82)68-29)11-5-19-63-52(57)58)74-48(84)37(24-30-9-3-2-4-10-30)69-42(78)26-66-41(77)25-67-45(81)33(55)23-31-15-17-32(76)18-16-31/h2-4,9-10,15-18,29,33-40,76H,5-8,11-14,19-28,55H2,1H3,(H2,56,79)(H,66,77)(H,67,81)(H,68,82)(H,69,78)(H,70,83)(H,71,85)(H,72,80)(H,73,86)(H,74,84)(H4,57,58,63)(H4,59,60,64)(H4,61,62,65)/t29-,33+,34?,35?,36+,37+,38+,39+,40+/m1/s1. The number of nitrogens with one attached hydrogen (secondary N) is 9. The third-order valence-corrected chi connectivity index (χ3v) is 16.1. The summed E-state index contributed by atoms with van der Waals surface area (Å²) in [6.07, 6.45) is 0.568. The van der Waals surface area contributed by atoms with Gasteiger partial charge in [0, 0.05) is 44.1 Å². The van der Waals surface area contributed by atoms with Crippen LogP contribution in [0, 0.1) is 0 Å². The van der Waals surface area contributed by atoms with Crippen LogP contribution in [0.3, 0.4) is 0 Å². The van der Waals surface area contributed by atoms with Gasteiger partial charge in [0.15, 0.2) is 17.9 Å². The Morgan fingerprint density at radius 1 is 0.618 bits per heavy atom. The number of aromatic hydroxyl groups is 1. The van der Waals surface area contributed by atoms with E-state index >= 15 is 0 Å². The van der Waals surface area contributed by atoms with E-state index in [4.69, 9.17) is 45.9 Å². The highest BCUT2D eigenvalue weighted by atomic mass is 33.1. The molecule has 2 heterocycles. The molecular formula is C54H83N21O12S2. The number of benzene rings is 2. The molecule has 2 fully saturated rings. The first kappa shape index (κ1) is 72.4. The zero-order valence-corrected chi connectivity index (χ0v) is 50.9. The minimum atomic E-state index is -1.56. The Labute approximate surface area is 521 Å². The number of phenolic OH excluding ortho intramolecular Hbond substituents is 1. The monoisotopic (exact) mass is 1280 g/mol. The predicted molar refractivity (Wildman–Crippen MR) is 334 cm³/mol. The molecular weight excluding hydrogens is 1200 g/mol. The first-order valence-electron chi connectivity index (χ1n) is 28.6. The van der Waals surface area contributed by atoms with Crippen LogP contribution in [0.15, 0.2) is 69.6 Å². The smallest absolute Gasteiger partial charge is 0.245 e. The van der Waals surface area contributed by atoms with Crippen molar-refractivity contribution in [2.24, 2.45) is 60.8 Å². The topological polar surface area (TPSA) is 565 Å². The third-order valence-electron chi connectivity index (χ3n) is 13.7. The van der Waals surface area contributed by atoms with Crippen LogP contribution in [-0.2, 0) is 65.6 Å². The average molecular weight is 1280 g/mol. The van der Waals surface area contributed by atoms with Crippen LogP contribution in [0.25, 0.3) is 0 Å². The van der Waals surface area contributed by atoms with Crippen molar-refractivity contribution >= 4 is 104 Å². The van der Waals surface area contributed by atoms with Gasteiger partial charge in [-0.1, -0.05) is 64.1 Å². The molecule has 0 saturated carbocycles. The van der Waals surface area contributed by atoms with Gasteiger partial charge in [0.05, 0.1) is 19.1 Å². The number of rotatable bonds is 25. The van der Waals surface area contributed by atoms with Crippen molar-refractivity contribution in [2.75, 3.05) is 50.8 Å². The minimum absolute atomic E-state index is 0.00722. The molecule has 0 radical (unpaired) electrons. The van der Waals surface area contributed by atoms with E-state index in [2.05, 4.69) is 62.8 Å². The van der Waals surface area contributed by atoms with Crippen molar-refractivity contribution in [3.8, 4) is 5.75 Å². The molecule has 2 unspecified atom stereocenters. The molecule has 0 aromatic heterocycles. The highest BCUT2D eigenvalue weighted by Gasteiger charge is 2.40. The fourth-order valence-corrected chi connectivity index (χ4v) is 11.3. The maximum atomic E-state index is 14.7. The molecule has 2 aliphatic rings. The number of guanidine groups is 3. The van der Waals surface area contributed by atoms with Crippen molar-refractivity contribution < 1.29 is 57.8 Å². The number of carbonyl (C=O) groups is 11. The second-order valence-corrected chi connectivity index (χ2v) is 23.4. The van der Waals surface area contributed by atoms with E-state index in [1.807, 2.05) is 0 Å². The molecule has 0 bridgehead atoms. The van der Waals surface area contributed by atoms with E-state index in [1.54, 1.807) is 42.5 Å². The van der Waals surface area contributed by atoms with Gasteiger partial charge in [-0.3, -0.25) is 67.7 Å². The Kier molecular flexibility index (Phi) is 30.5. The number of hydrogen-bond acceptors (Lipinski definition) is 18. The van der Waals surface area contributed by atoms with Gasteiger partial charge in [0.2, 0.25) is 65.0 Å². The Balaban J connectivity index is 1.68. The average Bonchev–Trinajstić information content (AvgIpc) is 4.26. The van der Waals surface area contributed by atoms with Gasteiger partial charge in [-0.2, -0.15) is 0 Å². The quantitative estimate of drug-likeness (QED) is 0.0190. The maximum Gasteiger partial charge on any atom is 0.245 e. The highest BCUT2D eigenvalue weighted by Crippen LogP contribution is 2.25. The minimum Gasteiger partial charge on any atom is -0.508 e. The molecule has 0 aliphatic carbocycles. The van der Waals surface area contributed by atoms with E-state index in [1.165, 1.54) is 24.0 Å². The Morgan fingerprint density at radius 2 is 1.15 bits per heavy atom. The second-order valence-electron chi connectivity index (χ2n) is 20.8. The van der Waals surface area contributed by atoms with E-state index in [-0.39, 0.29) is 119 Å². The van der Waals surface area contributed by atoms with Crippen LogP contribution in [0.1, 0.15) is 69.4 Å². The largest absolute Gasteiger partial charge is 0.508 e. The van der Waals surface area contributed by atoms with Crippen molar-refractivity contribution in [1.82, 2.24) is 52.8 Å². The summed E-state index contributed by atoms with van der Waals surface area (Å²) >= 11 is 0. The number of carbonyl (C=O) groups excluding carboxylic acids is 11. The van der Waals surface area contributed by atoms with Crippen LogP contribution in [0.5, 0.6) is 5.75 Å². The first-order valence-corrected chi connectivity index (χ1v) is 31.0. The van der Waals surface area contributed by atoms with Gasteiger partial charge in [-0.15, -0.1) is 0 Å². The number of phenols is 1. The number of nitrogens with two attached hydrogens (primary N) is 8. The van der Waals surface area contributed by atoms with Crippen LogP contribution in [-0.4, -0.2) is 198 Å². The molecule has 26 N–H and O–H groups in total. The Bertz CT molecular complexity index is 2860. The van der Waals surface area contributed by atoms with Crippen molar-refractivity contribution in [3.05, 3.63) is 65.7 Å². The fourth-order valence-electron chi connectivity index (χ4n) is 9.00. The number of nitrogens with zero attached hydrogens (tertiary/aromatic N) is 4. The van der Waals surface area contributed by atoms with Gasteiger partial charge in [-0.05, 0) is 88.0 Å². The molecule has 4 rings (SSSR count). The van der Waals surface area contributed by atoms with Gasteiger partial charge < -0.3 is 104 Å². The molecule has 2 aromatic rings. The van der Waals surface area contributed by atoms with Crippen LogP contribution >= 0.6 is 21.6 Å². The molecule has 488 valence electrons. The Morgan fingerprint density at radius 3 is 1.73 bits per heavy atom. The lowest BCUT2D eigenvalue weighted by Gasteiger charge is -2.30. The lowest BCUT2D eigenvalue weighted by Crippen LogP contribution is -2.60. The summed E-state index contributed by atoms with van der Waals surface area (Å²) in [7, 11) is 1.92. The molecule has 89 heavy (non-hydrogen) atoms. The second kappa shape index (κ2) is 37.5. The number of hydrogen-bond donors (Lipinski definition) is 18. The first-order chi connectivity index (χ1) is 42.3. The highest BCUT2D eigenvalue weighted by molar-refractivity contribution is 8.76. The lowest BCUT2D eigenvalue weighted by atomic mass is 10.0. The normalized spacial score (nSPS) is 21.2. The molecule has 2 aliphatic heterocycles. The molecule has 2 saturated heterocycles. The number of fused-ring (bicyclic) bond motifs is 1. The third kappa shape index (κ3) is 26.4. The van der Waals surface area contributed by atoms with Crippen LogP contribution in [0.2, 0.25) is 0 Å². The van der Waals surface area contributed by atoms with E-state index in [0.29, 0.717) is 17.5 Å². The summed E-state index contributed by atoms with van der Waals surface area (Å²) < 4.78 is 0. The molecule has 9 atom stereocenters. The maximum absolute atomic E-state index is 14.7. The summed E-state index contributed by atoms with van der Waals surface area (Å²) in [6.45, 7) is 0.245. The molecule has 11 amide bonds. The number of primary amides is 1. The van der Waals surface area contributed by atoms with Crippen LogP contribution in [0.4, 0.5) is 0 Å². The number of amides is 11. The Hall–Kier alpha value is -9.12. The SMILES string of the molecule is C[C@H]1NC(=O)C(CCCN=C(N)N)NC(=O)C(CCCN=C(N)N)NC(=O)[C@@H](NC(=O)[C@H](Cc2ccccc2)NC(=O)CNC(=O)CNC(=O)[C@@H](N)Cc2ccc(O)cc2)CSSC[C@@H](C(N)=O)NC(=O)[C@@H]2CCCN2C(=O)[C@H](CCCN=C(N)N)NC1=O. The molecule has 2 aromatic carbocycles. The van der Waals surface area contributed by atoms with E-state index in [9.17, 15) is 57.8 Å². The molecule has 35 heteroatoms. The lowest BCUT2D eigenvalue weighted by molar-refractivity contribution is -0.142. The van der Waals surface area contributed by atoms with Gasteiger partial charge in [0.25, 0.3) is 0 Å². The predicted octanol–water partition coefficient (Wildman–Crippen LogP) is -6.82. The van der Waals surface area contributed by atoms with E-state index < -0.39 is 132 Å². The van der Waals surface area contributed by atoms with Crippen molar-refractivity contribution in [2.45, 2.75) is 126 Å². The molecule has 33 nitrogen and oxygen atoms in total.